The third kappa shape index (κ3) is 4.11. The lowest BCUT2D eigenvalue weighted by Gasteiger charge is -2.17. The van der Waals surface area contributed by atoms with Crippen molar-refractivity contribution in [1.82, 2.24) is 15.1 Å². The Morgan fingerprint density at radius 1 is 1.38 bits per heavy atom. The van der Waals surface area contributed by atoms with Crippen LogP contribution in [0.2, 0.25) is 0 Å². The Hall–Kier alpha value is -1.53. The van der Waals surface area contributed by atoms with Gasteiger partial charge in [0.05, 0.1) is 23.0 Å². The molecule has 0 radical (unpaired) electrons. The number of nitrogens with two attached hydrogens (primary N) is 1. The fraction of sp³-hybridized carbons (Fsp3) is 0.500. The first-order valence-corrected chi connectivity index (χ1v) is 9.38. The molecule has 5 nitrogen and oxygen atoms in total. The van der Waals surface area contributed by atoms with Gasteiger partial charge in [0.1, 0.15) is 5.75 Å². The minimum Gasteiger partial charge on any atom is -0.493 e. The molecule has 1 fully saturated rings. The summed E-state index contributed by atoms with van der Waals surface area (Å²) in [6.07, 6.45) is 7.99. The van der Waals surface area contributed by atoms with Crippen LogP contribution in [0.3, 0.4) is 0 Å². The van der Waals surface area contributed by atoms with E-state index in [1.807, 2.05) is 29.9 Å². The lowest BCUT2D eigenvalue weighted by atomic mass is 10.1. The average molecular weight is 393 g/mol. The van der Waals surface area contributed by atoms with Crippen LogP contribution < -0.4 is 15.8 Å². The summed E-state index contributed by atoms with van der Waals surface area (Å²) in [5.74, 6) is 0.849. The molecule has 2 heterocycles. The van der Waals surface area contributed by atoms with Crippen molar-refractivity contribution < 1.29 is 4.74 Å². The first kappa shape index (κ1) is 17.3. The molecule has 1 saturated heterocycles. The first-order valence-electron chi connectivity index (χ1n) is 8.58. The van der Waals surface area contributed by atoms with Crippen molar-refractivity contribution in [3.8, 4) is 17.0 Å². The van der Waals surface area contributed by atoms with Gasteiger partial charge in [-0.05, 0) is 59.9 Å². The lowest BCUT2D eigenvalue weighted by Crippen LogP contribution is -2.29. The normalized spacial score (nSPS) is 18.3. The molecule has 1 atom stereocenters. The van der Waals surface area contributed by atoms with Gasteiger partial charge < -0.3 is 15.8 Å². The van der Waals surface area contributed by atoms with Crippen LogP contribution in [0.1, 0.15) is 32.1 Å². The Kier molecular flexibility index (Phi) is 5.79. The van der Waals surface area contributed by atoms with Gasteiger partial charge in [0, 0.05) is 24.3 Å². The Balaban J connectivity index is 1.71. The molecule has 0 aliphatic carbocycles. The number of nitrogen functional groups attached to an aromatic ring is 1. The summed E-state index contributed by atoms with van der Waals surface area (Å²) in [7, 11) is 1.92. The second kappa shape index (κ2) is 8.03. The average Bonchev–Trinajstić information content (AvgIpc) is 2.77. The number of rotatable bonds is 5. The number of ether oxygens (including phenoxy) is 1. The highest BCUT2D eigenvalue weighted by Gasteiger charge is 2.16. The maximum Gasteiger partial charge on any atom is 0.128 e. The fourth-order valence-electron chi connectivity index (χ4n) is 3.23. The summed E-state index contributed by atoms with van der Waals surface area (Å²) in [6, 6.07) is 6.34. The SMILES string of the molecule is Cn1ncc(Br)c1-c1cc(N)ccc1OCCC1CCCCCN1. The third-order valence-corrected chi connectivity index (χ3v) is 5.12. The smallest absolute Gasteiger partial charge is 0.128 e. The molecule has 3 N–H and O–H groups in total. The summed E-state index contributed by atoms with van der Waals surface area (Å²) >= 11 is 3.56. The van der Waals surface area contributed by atoms with E-state index in [0.717, 1.165) is 40.1 Å². The molecule has 6 heteroatoms. The van der Waals surface area contributed by atoms with Crippen LogP contribution in [-0.2, 0) is 7.05 Å². The number of nitrogens with zero attached hydrogens (tertiary/aromatic N) is 2. The molecule has 1 aromatic heterocycles. The van der Waals surface area contributed by atoms with Crippen molar-refractivity contribution in [2.75, 3.05) is 18.9 Å². The van der Waals surface area contributed by atoms with E-state index in [1.54, 1.807) is 6.20 Å². The monoisotopic (exact) mass is 392 g/mol. The van der Waals surface area contributed by atoms with Crippen molar-refractivity contribution in [1.29, 1.82) is 0 Å². The number of nitrogens with one attached hydrogen (secondary N) is 1. The maximum absolute atomic E-state index is 6.11. The largest absolute Gasteiger partial charge is 0.493 e. The predicted molar refractivity (Wildman–Crippen MR) is 101 cm³/mol. The van der Waals surface area contributed by atoms with Crippen LogP contribution in [0.15, 0.2) is 28.9 Å². The van der Waals surface area contributed by atoms with Crippen molar-refractivity contribution in [2.24, 2.45) is 7.05 Å². The van der Waals surface area contributed by atoms with E-state index in [-0.39, 0.29) is 0 Å². The molecule has 24 heavy (non-hydrogen) atoms. The van der Waals surface area contributed by atoms with Crippen molar-refractivity contribution >= 4 is 21.6 Å². The van der Waals surface area contributed by atoms with Gasteiger partial charge in [-0.15, -0.1) is 0 Å². The van der Waals surface area contributed by atoms with E-state index in [9.17, 15) is 0 Å². The molecular formula is C18H25BrN4O. The van der Waals surface area contributed by atoms with Gasteiger partial charge >= 0.3 is 0 Å². The molecule has 1 unspecified atom stereocenters. The summed E-state index contributed by atoms with van der Waals surface area (Å²) in [4.78, 5) is 0. The predicted octanol–water partition coefficient (Wildman–Crippen LogP) is 3.73. The lowest BCUT2D eigenvalue weighted by molar-refractivity contribution is 0.284. The van der Waals surface area contributed by atoms with Gasteiger partial charge in [0.2, 0.25) is 0 Å². The second-order valence-electron chi connectivity index (χ2n) is 6.36. The zero-order chi connectivity index (χ0) is 16.9. The van der Waals surface area contributed by atoms with Crippen LogP contribution >= 0.6 is 15.9 Å². The van der Waals surface area contributed by atoms with Crippen LogP contribution in [0.5, 0.6) is 5.75 Å². The Morgan fingerprint density at radius 2 is 2.25 bits per heavy atom. The molecule has 2 aromatic rings. The molecule has 0 bridgehead atoms. The van der Waals surface area contributed by atoms with Gasteiger partial charge in [-0.25, -0.2) is 0 Å². The highest BCUT2D eigenvalue weighted by atomic mass is 79.9. The van der Waals surface area contributed by atoms with Crippen LogP contribution in [0, 0.1) is 0 Å². The zero-order valence-corrected chi connectivity index (χ0v) is 15.7. The van der Waals surface area contributed by atoms with E-state index in [1.165, 1.54) is 25.7 Å². The zero-order valence-electron chi connectivity index (χ0n) is 14.1. The van der Waals surface area contributed by atoms with Crippen LogP contribution in [0.4, 0.5) is 5.69 Å². The fourth-order valence-corrected chi connectivity index (χ4v) is 3.79. The summed E-state index contributed by atoms with van der Waals surface area (Å²) in [5, 5.41) is 7.91. The van der Waals surface area contributed by atoms with Crippen LogP contribution in [0.25, 0.3) is 11.3 Å². The number of benzene rings is 1. The Bertz CT molecular complexity index is 658. The molecule has 3 rings (SSSR count). The van der Waals surface area contributed by atoms with E-state index in [4.69, 9.17) is 10.5 Å². The minimum atomic E-state index is 0.563. The molecule has 1 aliphatic heterocycles. The molecule has 0 amide bonds. The Labute approximate surface area is 151 Å². The summed E-state index contributed by atoms with van der Waals surface area (Å²) in [5.41, 5.74) is 8.65. The van der Waals surface area contributed by atoms with Crippen molar-refractivity contribution in [2.45, 2.75) is 38.1 Å². The van der Waals surface area contributed by atoms with E-state index in [0.29, 0.717) is 12.6 Å². The van der Waals surface area contributed by atoms with E-state index in [2.05, 4.69) is 26.3 Å². The number of aryl methyl sites for hydroxylation is 1. The van der Waals surface area contributed by atoms with E-state index < -0.39 is 0 Å². The molecule has 1 aromatic carbocycles. The third-order valence-electron chi connectivity index (χ3n) is 4.54. The van der Waals surface area contributed by atoms with E-state index >= 15 is 0 Å². The first-order chi connectivity index (χ1) is 11.6. The van der Waals surface area contributed by atoms with Crippen LogP contribution in [-0.4, -0.2) is 29.0 Å². The topological polar surface area (TPSA) is 65.1 Å². The number of hydrogen-bond acceptors (Lipinski definition) is 4. The van der Waals surface area contributed by atoms with Gasteiger partial charge in [-0.1, -0.05) is 12.8 Å². The van der Waals surface area contributed by atoms with Gasteiger partial charge in [-0.3, -0.25) is 4.68 Å². The quantitative estimate of drug-likeness (QED) is 0.760. The summed E-state index contributed by atoms with van der Waals surface area (Å²) < 4.78 is 8.88. The molecule has 130 valence electrons. The van der Waals surface area contributed by atoms with Gasteiger partial charge in [0.25, 0.3) is 0 Å². The Morgan fingerprint density at radius 3 is 3.04 bits per heavy atom. The molecular weight excluding hydrogens is 368 g/mol. The number of halogens is 1. The van der Waals surface area contributed by atoms with Gasteiger partial charge in [-0.2, -0.15) is 5.10 Å². The molecule has 0 spiro atoms. The van der Waals surface area contributed by atoms with Crippen molar-refractivity contribution in [3.05, 3.63) is 28.9 Å². The van der Waals surface area contributed by atoms with Gasteiger partial charge in [0.15, 0.2) is 0 Å². The second-order valence-corrected chi connectivity index (χ2v) is 7.21. The number of aromatic nitrogens is 2. The van der Waals surface area contributed by atoms with Crippen molar-refractivity contribution in [3.63, 3.8) is 0 Å². The number of anilines is 1. The minimum absolute atomic E-state index is 0.563. The molecule has 1 aliphatic rings. The summed E-state index contributed by atoms with van der Waals surface area (Å²) in [6.45, 7) is 1.82. The highest BCUT2D eigenvalue weighted by molar-refractivity contribution is 9.10. The standard InChI is InChI=1S/C18H25BrN4O/c1-23-18(16(19)12-22-23)15-11-13(20)6-7-17(15)24-10-8-14-5-3-2-4-9-21-14/h6-7,11-12,14,21H,2-5,8-10,20H2,1H3. The number of hydrogen-bond donors (Lipinski definition) is 2. The maximum atomic E-state index is 6.11. The molecule has 0 saturated carbocycles. The highest BCUT2D eigenvalue weighted by Crippen LogP contribution is 2.36.